The highest BCUT2D eigenvalue weighted by molar-refractivity contribution is 5.81. The largest absolute Gasteiger partial charge is 0.480 e. The third-order valence-corrected chi connectivity index (χ3v) is 1.08. The molecule has 1 unspecified atom stereocenters. The lowest BCUT2D eigenvalue weighted by molar-refractivity contribution is -0.142. The fraction of sp³-hybridized carbons (Fsp3) is 0.750. The van der Waals surface area contributed by atoms with E-state index in [-0.39, 0.29) is 0 Å². The normalized spacial score (nSPS) is 24.2. The molecule has 0 spiro atoms. The number of rotatable bonds is 4. The lowest BCUT2D eigenvalue weighted by Crippen LogP contribution is -2.40. The van der Waals surface area contributed by atoms with Gasteiger partial charge in [-0.1, -0.05) is 13.7 Å². The molecule has 0 aromatic rings. The minimum absolute atomic E-state index is 0.758. The quantitative estimate of drug-likeness (QED) is 0.666. The number of carboxylic acid groups (broad SMARTS) is 1. The Kier molecular flexibility index (Phi) is 1.49. The van der Waals surface area contributed by atoms with Crippen molar-refractivity contribution >= 4 is 11.9 Å². The Morgan fingerprint density at radius 3 is 2.58 bits per heavy atom. The lowest BCUT2D eigenvalue weighted by Gasteiger charge is -2.14. The first-order valence-corrected chi connectivity index (χ1v) is 3.22. The van der Waals surface area contributed by atoms with Crippen LogP contribution < -0.4 is 5.32 Å². The molecule has 0 aliphatic heterocycles. The van der Waals surface area contributed by atoms with E-state index in [2.05, 4.69) is 0 Å². The van der Waals surface area contributed by atoms with Gasteiger partial charge in [-0.25, -0.2) is 4.79 Å². The molecule has 0 fully saturated rings. The molecule has 0 saturated carbocycles. The molecule has 0 aliphatic rings. The number of carbonyl (C=O) groups excluding carboxylic acids is 1. The van der Waals surface area contributed by atoms with Crippen molar-refractivity contribution in [2.45, 2.75) is 33.1 Å². The highest BCUT2D eigenvalue weighted by Crippen LogP contribution is 2.04. The van der Waals surface area contributed by atoms with Crippen molar-refractivity contribution in [3.63, 3.8) is 0 Å². The summed E-state index contributed by atoms with van der Waals surface area (Å²) < 4.78 is 50.5. The van der Waals surface area contributed by atoms with Crippen molar-refractivity contribution in [1.82, 2.24) is 5.32 Å². The van der Waals surface area contributed by atoms with Crippen molar-refractivity contribution in [2.75, 3.05) is 0 Å². The summed E-state index contributed by atoms with van der Waals surface area (Å²) in [5.74, 6) is -5.34. The summed E-state index contributed by atoms with van der Waals surface area (Å²) in [4.78, 5) is 21.7. The van der Waals surface area contributed by atoms with Crippen LogP contribution in [0.4, 0.5) is 0 Å². The average Bonchev–Trinajstić information content (AvgIpc) is 2.11. The van der Waals surface area contributed by atoms with E-state index < -0.39 is 43.9 Å². The fourth-order valence-electron chi connectivity index (χ4n) is 0.650. The maximum Gasteiger partial charge on any atom is 0.326 e. The van der Waals surface area contributed by atoms with Crippen LogP contribution >= 0.6 is 0 Å². The summed E-state index contributed by atoms with van der Waals surface area (Å²) in [7, 11) is 0. The number of aliphatic carboxylic acids is 1. The summed E-state index contributed by atoms with van der Waals surface area (Å²) in [6.45, 7) is -5.43. The van der Waals surface area contributed by atoms with Crippen molar-refractivity contribution < 1.29 is 24.3 Å². The SMILES string of the molecule is [2H]C([2H])([2H])C([2H])(CC(NC(C)=O)C(=O)O)C([2H])([2H])[2H]. The van der Waals surface area contributed by atoms with Crippen molar-refractivity contribution in [3.05, 3.63) is 0 Å². The minimum atomic E-state index is -3.22. The first kappa shape index (κ1) is 3.77. The molecule has 4 heteroatoms. The van der Waals surface area contributed by atoms with Gasteiger partial charge in [-0.2, -0.15) is 0 Å². The van der Waals surface area contributed by atoms with Crippen LogP contribution in [-0.4, -0.2) is 23.0 Å². The third kappa shape index (κ3) is 4.71. The van der Waals surface area contributed by atoms with Gasteiger partial charge < -0.3 is 10.4 Å². The van der Waals surface area contributed by atoms with Gasteiger partial charge in [-0.05, 0) is 12.3 Å². The van der Waals surface area contributed by atoms with E-state index in [1.165, 1.54) is 0 Å². The van der Waals surface area contributed by atoms with Crippen LogP contribution in [0.2, 0.25) is 0 Å². The molecule has 0 bridgehead atoms. The molecule has 70 valence electrons. The van der Waals surface area contributed by atoms with E-state index in [1.54, 1.807) is 0 Å². The first-order chi connectivity index (χ1) is 8.22. The van der Waals surface area contributed by atoms with Crippen LogP contribution in [0.5, 0.6) is 0 Å². The predicted molar refractivity (Wildman–Crippen MR) is 44.7 cm³/mol. The van der Waals surface area contributed by atoms with Crippen molar-refractivity contribution in [2.24, 2.45) is 5.89 Å². The van der Waals surface area contributed by atoms with Gasteiger partial charge in [0.25, 0.3) is 0 Å². The van der Waals surface area contributed by atoms with Crippen molar-refractivity contribution in [1.29, 1.82) is 0 Å². The van der Waals surface area contributed by atoms with Gasteiger partial charge in [0.15, 0.2) is 0 Å². The summed E-state index contributed by atoms with van der Waals surface area (Å²) in [6.07, 6.45) is -1.05. The van der Waals surface area contributed by atoms with E-state index in [0.717, 1.165) is 6.92 Å². The van der Waals surface area contributed by atoms with E-state index in [4.69, 9.17) is 14.7 Å². The summed E-state index contributed by atoms with van der Waals surface area (Å²) >= 11 is 0. The Bertz CT molecular complexity index is 348. The second kappa shape index (κ2) is 4.74. The zero-order valence-electron chi connectivity index (χ0n) is 13.5. The predicted octanol–water partition coefficient (Wildman–Crippen LogP) is 0.622. The monoisotopic (exact) mass is 180 g/mol. The number of hydrogen-bond donors (Lipinski definition) is 2. The van der Waals surface area contributed by atoms with Crippen LogP contribution in [0, 0.1) is 5.89 Å². The molecule has 0 radical (unpaired) electrons. The molecular formula is C8H15NO3. The standard InChI is InChI=1S/C8H15NO3/c1-5(2)4-7(8(11)12)9-6(3)10/h5,7H,4H2,1-3H3,(H,9,10)(H,11,12)/i1D3,2D3,5D. The fourth-order valence-corrected chi connectivity index (χ4v) is 0.650. The van der Waals surface area contributed by atoms with E-state index in [9.17, 15) is 9.59 Å². The second-order valence-corrected chi connectivity index (χ2v) is 2.27. The highest BCUT2D eigenvalue weighted by atomic mass is 16.4. The molecule has 1 atom stereocenters. The van der Waals surface area contributed by atoms with Gasteiger partial charge in [0, 0.05) is 16.5 Å². The van der Waals surface area contributed by atoms with E-state index >= 15 is 0 Å². The number of amides is 1. The Labute approximate surface area is 81.8 Å². The van der Waals surface area contributed by atoms with Crippen LogP contribution in [-0.2, 0) is 9.59 Å². The van der Waals surface area contributed by atoms with Gasteiger partial charge in [-0.3, -0.25) is 4.79 Å². The smallest absolute Gasteiger partial charge is 0.326 e. The number of hydrogen-bond acceptors (Lipinski definition) is 2. The third-order valence-electron chi connectivity index (χ3n) is 1.08. The maximum atomic E-state index is 10.9. The molecule has 0 aromatic carbocycles. The minimum Gasteiger partial charge on any atom is -0.480 e. The molecule has 0 aromatic heterocycles. The lowest BCUT2D eigenvalue weighted by atomic mass is 10.0. The Morgan fingerprint density at radius 2 is 2.25 bits per heavy atom. The summed E-state index contributed by atoms with van der Waals surface area (Å²) in [5, 5.41) is 10.8. The molecule has 0 rings (SSSR count). The van der Waals surface area contributed by atoms with E-state index in [1.807, 2.05) is 5.32 Å². The Morgan fingerprint density at radius 1 is 1.67 bits per heavy atom. The Balaban J connectivity index is 5.44. The molecule has 2 N–H and O–H groups in total. The molecule has 1 amide bonds. The molecule has 0 aliphatic carbocycles. The zero-order valence-corrected chi connectivity index (χ0v) is 6.55. The van der Waals surface area contributed by atoms with Crippen LogP contribution in [0.25, 0.3) is 0 Å². The molecule has 0 saturated heterocycles. The van der Waals surface area contributed by atoms with E-state index in [0.29, 0.717) is 0 Å². The Hall–Kier alpha value is -1.06. The topological polar surface area (TPSA) is 66.4 Å². The van der Waals surface area contributed by atoms with Gasteiger partial charge in [0.05, 0.1) is 0 Å². The van der Waals surface area contributed by atoms with Gasteiger partial charge in [0.2, 0.25) is 5.91 Å². The van der Waals surface area contributed by atoms with Crippen LogP contribution in [0.1, 0.15) is 36.6 Å². The van der Waals surface area contributed by atoms with Gasteiger partial charge in [-0.15, -0.1) is 0 Å². The van der Waals surface area contributed by atoms with Crippen molar-refractivity contribution in [3.8, 4) is 0 Å². The summed E-state index contributed by atoms with van der Waals surface area (Å²) in [5.41, 5.74) is 0. The number of nitrogens with one attached hydrogen (secondary N) is 1. The van der Waals surface area contributed by atoms with Crippen LogP contribution in [0.3, 0.4) is 0 Å². The molecular weight excluding hydrogens is 158 g/mol. The van der Waals surface area contributed by atoms with Gasteiger partial charge >= 0.3 is 5.97 Å². The highest BCUT2D eigenvalue weighted by Gasteiger charge is 2.18. The number of carboxylic acids is 1. The zero-order chi connectivity index (χ0) is 15.6. The van der Waals surface area contributed by atoms with Gasteiger partial charge in [0.1, 0.15) is 6.04 Å². The average molecular weight is 180 g/mol. The maximum absolute atomic E-state index is 10.9. The molecule has 4 nitrogen and oxygen atoms in total. The molecule has 0 heterocycles. The molecule has 12 heavy (non-hydrogen) atoms. The second-order valence-electron chi connectivity index (χ2n) is 2.27. The number of carbonyl (C=O) groups is 2. The summed E-state index contributed by atoms with van der Waals surface area (Å²) in [6, 6.07) is -1.75. The first-order valence-electron chi connectivity index (χ1n) is 6.72. The van der Waals surface area contributed by atoms with Crippen LogP contribution in [0.15, 0.2) is 0 Å².